The molecular weight excluding hydrogens is 191 g/mol. The van der Waals surface area contributed by atoms with Crippen molar-refractivity contribution >= 4 is 6.71 Å². The average molecular weight is 224 g/mol. The molecular formula is C15H33B. The third-order valence-electron chi connectivity index (χ3n) is 4.48. The van der Waals surface area contributed by atoms with Crippen LogP contribution in [0.1, 0.15) is 61.3 Å². The van der Waals surface area contributed by atoms with Crippen LogP contribution in [0.5, 0.6) is 0 Å². The van der Waals surface area contributed by atoms with Gasteiger partial charge >= 0.3 is 0 Å². The first kappa shape index (κ1) is 16.1. The molecule has 0 aromatic carbocycles. The molecule has 0 fully saturated rings. The second-order valence-electron chi connectivity index (χ2n) is 6.99. The quantitative estimate of drug-likeness (QED) is 0.492. The van der Waals surface area contributed by atoms with Gasteiger partial charge in [0.05, 0.1) is 0 Å². The highest BCUT2D eigenvalue weighted by atomic mass is 14.3. The van der Waals surface area contributed by atoms with Crippen molar-refractivity contribution in [1.29, 1.82) is 0 Å². The van der Waals surface area contributed by atoms with E-state index in [1.807, 2.05) is 0 Å². The van der Waals surface area contributed by atoms with E-state index in [-0.39, 0.29) is 0 Å². The maximum absolute atomic E-state index is 2.49. The normalized spacial score (nSPS) is 14.6. The topological polar surface area (TPSA) is 0 Å². The molecule has 0 aromatic heterocycles. The second-order valence-corrected chi connectivity index (χ2v) is 6.99. The average Bonchev–Trinajstić information content (AvgIpc) is 2.13. The van der Waals surface area contributed by atoms with E-state index in [4.69, 9.17) is 0 Å². The van der Waals surface area contributed by atoms with Crippen molar-refractivity contribution in [2.24, 2.45) is 17.8 Å². The summed E-state index contributed by atoms with van der Waals surface area (Å²) in [6, 6.07) is 0. The van der Waals surface area contributed by atoms with Gasteiger partial charge in [0.25, 0.3) is 0 Å². The molecule has 96 valence electrons. The molecule has 0 bridgehead atoms. The smallest absolute Gasteiger partial charge is 0.0856 e. The summed E-state index contributed by atoms with van der Waals surface area (Å²) in [6.07, 6.45) is 4.06. The van der Waals surface area contributed by atoms with Crippen LogP contribution < -0.4 is 0 Å². The van der Waals surface area contributed by atoms with E-state index in [0.29, 0.717) is 5.31 Å². The first-order valence-electron chi connectivity index (χ1n) is 7.23. The summed E-state index contributed by atoms with van der Waals surface area (Å²) in [5.74, 6) is 2.48. The molecule has 0 saturated carbocycles. The second kappa shape index (κ2) is 6.72. The van der Waals surface area contributed by atoms with Gasteiger partial charge < -0.3 is 0 Å². The molecule has 0 rings (SSSR count). The minimum atomic E-state index is 0.481. The Morgan fingerprint density at radius 3 is 1.88 bits per heavy atom. The van der Waals surface area contributed by atoms with Crippen molar-refractivity contribution in [3.8, 4) is 0 Å². The van der Waals surface area contributed by atoms with E-state index in [2.05, 4.69) is 55.3 Å². The van der Waals surface area contributed by atoms with Gasteiger partial charge in [-0.25, -0.2) is 0 Å². The van der Waals surface area contributed by atoms with Crippen LogP contribution in [-0.2, 0) is 0 Å². The Hall–Kier alpha value is 0.0649. The van der Waals surface area contributed by atoms with Crippen molar-refractivity contribution in [1.82, 2.24) is 0 Å². The van der Waals surface area contributed by atoms with Gasteiger partial charge in [-0.2, -0.15) is 0 Å². The van der Waals surface area contributed by atoms with Crippen molar-refractivity contribution in [3.05, 3.63) is 0 Å². The number of rotatable bonds is 7. The van der Waals surface area contributed by atoms with Gasteiger partial charge in [0, 0.05) is 0 Å². The first-order chi connectivity index (χ1) is 7.23. The molecule has 0 spiro atoms. The van der Waals surface area contributed by atoms with Crippen molar-refractivity contribution in [3.63, 3.8) is 0 Å². The molecule has 0 aliphatic rings. The summed E-state index contributed by atoms with van der Waals surface area (Å²) in [7, 11) is 0. The molecule has 1 heteroatoms. The van der Waals surface area contributed by atoms with Crippen molar-refractivity contribution < 1.29 is 0 Å². The molecule has 0 aromatic rings. The summed E-state index contributed by atoms with van der Waals surface area (Å²) >= 11 is 0. The molecule has 0 aliphatic carbocycles. The Morgan fingerprint density at radius 1 is 1.06 bits per heavy atom. The fourth-order valence-electron chi connectivity index (χ4n) is 3.11. The Labute approximate surface area is 105 Å². The Kier molecular flexibility index (Phi) is 6.74. The van der Waals surface area contributed by atoms with Gasteiger partial charge in [0.1, 0.15) is 6.71 Å². The van der Waals surface area contributed by atoms with Crippen LogP contribution in [0, 0.1) is 17.8 Å². The zero-order chi connectivity index (χ0) is 12.9. The fraction of sp³-hybridized carbons (Fsp3) is 1.00. The SMILES string of the molecule is CCCB(C)C(C)(C)C(CC(C)C)C(C)C. The molecule has 0 nitrogen and oxygen atoms in total. The van der Waals surface area contributed by atoms with Crippen LogP contribution in [-0.4, -0.2) is 6.71 Å². The number of hydrogen-bond donors (Lipinski definition) is 0. The van der Waals surface area contributed by atoms with Crippen molar-refractivity contribution in [2.45, 2.75) is 79.8 Å². The minimum Gasteiger partial charge on any atom is -0.0856 e. The predicted molar refractivity (Wildman–Crippen MR) is 78.5 cm³/mol. The number of hydrogen-bond acceptors (Lipinski definition) is 0. The zero-order valence-electron chi connectivity index (χ0n) is 12.9. The molecule has 0 aliphatic heterocycles. The summed E-state index contributed by atoms with van der Waals surface area (Å²) in [6.45, 7) is 20.1. The maximum Gasteiger partial charge on any atom is 0.143 e. The van der Waals surface area contributed by atoms with Gasteiger partial charge in [-0.15, -0.1) is 0 Å². The van der Waals surface area contributed by atoms with Gasteiger partial charge in [0.15, 0.2) is 0 Å². The Bertz CT molecular complexity index is 182. The van der Waals surface area contributed by atoms with Gasteiger partial charge in [-0.05, 0) is 24.2 Å². The molecule has 16 heavy (non-hydrogen) atoms. The monoisotopic (exact) mass is 224 g/mol. The fourth-order valence-corrected chi connectivity index (χ4v) is 3.11. The molecule has 0 radical (unpaired) electrons. The maximum atomic E-state index is 2.49. The van der Waals surface area contributed by atoms with Gasteiger partial charge in [-0.3, -0.25) is 0 Å². The Balaban J connectivity index is 4.73. The summed E-state index contributed by atoms with van der Waals surface area (Å²) in [5.41, 5.74) is 0. The van der Waals surface area contributed by atoms with E-state index in [1.54, 1.807) is 0 Å². The lowest BCUT2D eigenvalue weighted by Crippen LogP contribution is -2.35. The zero-order valence-corrected chi connectivity index (χ0v) is 12.9. The highest BCUT2D eigenvalue weighted by Gasteiger charge is 2.37. The van der Waals surface area contributed by atoms with Crippen LogP contribution in [0.15, 0.2) is 0 Å². The summed E-state index contributed by atoms with van der Waals surface area (Å²) < 4.78 is 0. The van der Waals surface area contributed by atoms with Crippen molar-refractivity contribution in [2.75, 3.05) is 0 Å². The lowest BCUT2D eigenvalue weighted by atomic mass is 9.30. The summed E-state index contributed by atoms with van der Waals surface area (Å²) in [4.78, 5) is 0. The van der Waals surface area contributed by atoms with E-state index in [0.717, 1.165) is 24.5 Å². The Morgan fingerprint density at radius 2 is 1.56 bits per heavy atom. The highest BCUT2D eigenvalue weighted by Crippen LogP contribution is 2.46. The van der Waals surface area contributed by atoms with Crippen LogP contribution >= 0.6 is 0 Å². The van der Waals surface area contributed by atoms with Crippen LogP contribution in [0.2, 0.25) is 18.5 Å². The third kappa shape index (κ3) is 4.51. The molecule has 1 atom stereocenters. The van der Waals surface area contributed by atoms with Crippen LogP contribution in [0.4, 0.5) is 0 Å². The summed E-state index contributed by atoms with van der Waals surface area (Å²) in [5, 5.41) is 0.481. The van der Waals surface area contributed by atoms with Crippen LogP contribution in [0.3, 0.4) is 0 Å². The van der Waals surface area contributed by atoms with Gasteiger partial charge in [-0.1, -0.05) is 73.3 Å². The molecule has 0 saturated heterocycles. The molecule has 1 unspecified atom stereocenters. The van der Waals surface area contributed by atoms with E-state index in [9.17, 15) is 0 Å². The predicted octanol–water partition coefficient (Wildman–Crippen LogP) is 5.62. The lowest BCUT2D eigenvalue weighted by molar-refractivity contribution is 0.248. The van der Waals surface area contributed by atoms with E-state index in [1.165, 1.54) is 19.2 Å². The van der Waals surface area contributed by atoms with Crippen LogP contribution in [0.25, 0.3) is 0 Å². The first-order valence-corrected chi connectivity index (χ1v) is 7.23. The minimum absolute atomic E-state index is 0.481. The van der Waals surface area contributed by atoms with E-state index < -0.39 is 0 Å². The van der Waals surface area contributed by atoms with E-state index >= 15 is 0 Å². The standard InChI is InChI=1S/C15H33B/c1-9-10-16(8)15(6,7)14(13(4)5)11-12(2)3/h12-14H,9-11H2,1-8H3. The molecule has 0 N–H and O–H groups in total. The largest absolute Gasteiger partial charge is 0.143 e. The highest BCUT2D eigenvalue weighted by molar-refractivity contribution is 6.60. The third-order valence-corrected chi connectivity index (χ3v) is 4.48. The molecule has 0 heterocycles. The lowest BCUT2D eigenvalue weighted by Gasteiger charge is -2.42. The van der Waals surface area contributed by atoms with Gasteiger partial charge in [0.2, 0.25) is 0 Å². The molecule has 0 amide bonds.